The minimum atomic E-state index is -0.00603. The molecule has 2 aliphatic rings. The number of nitrogens with one attached hydrogen (secondary N) is 1. The lowest BCUT2D eigenvalue weighted by molar-refractivity contribution is 0.474. The number of hydrogen-bond acceptors (Lipinski definition) is 3. The van der Waals surface area contributed by atoms with Crippen LogP contribution in [-0.4, -0.2) is 6.54 Å². The summed E-state index contributed by atoms with van der Waals surface area (Å²) < 4.78 is 6.26. The third kappa shape index (κ3) is 2.74. The number of para-hydroxylation sites is 2. The van der Waals surface area contributed by atoms with Crippen LogP contribution >= 0.6 is 0 Å². The number of fused-ring (bicyclic) bond motifs is 5. The normalized spacial score (nSPS) is 14.7. The topological polar surface area (TPSA) is 24.5 Å². The highest BCUT2D eigenvalue weighted by Crippen LogP contribution is 2.50. The van der Waals surface area contributed by atoms with E-state index in [-0.39, 0.29) is 5.41 Å². The minimum absolute atomic E-state index is 0.00603. The Balaban J connectivity index is 1.34. The lowest BCUT2D eigenvalue weighted by atomic mass is 9.82. The van der Waals surface area contributed by atoms with Crippen LogP contribution < -0.4 is 15.0 Å². The highest BCUT2D eigenvalue weighted by molar-refractivity contribution is 5.84. The Morgan fingerprint density at radius 3 is 2.28 bits per heavy atom. The van der Waals surface area contributed by atoms with Gasteiger partial charge in [-0.15, -0.1) is 0 Å². The molecule has 32 heavy (non-hydrogen) atoms. The van der Waals surface area contributed by atoms with Crippen molar-refractivity contribution in [3.8, 4) is 22.6 Å². The van der Waals surface area contributed by atoms with Crippen molar-refractivity contribution in [2.45, 2.75) is 26.2 Å². The molecule has 0 atom stereocenters. The molecule has 0 saturated carbocycles. The standard InChI is InChI=1S/C29H26N2O/c1-4-31-25-11-7-8-12-27(25)32-28-18-20(14-16-26(28)31)30-19-13-15-22-21-9-5-6-10-23(21)29(2,3)24(22)17-19/h5-18,30H,4H2,1-3H3. The molecule has 6 rings (SSSR count). The predicted molar refractivity (Wildman–Crippen MR) is 133 cm³/mol. The molecule has 0 spiro atoms. The van der Waals surface area contributed by atoms with E-state index in [1.807, 2.05) is 12.1 Å². The summed E-state index contributed by atoms with van der Waals surface area (Å²) in [7, 11) is 0. The second kappa shape index (κ2) is 6.89. The summed E-state index contributed by atoms with van der Waals surface area (Å²) in [4.78, 5) is 2.30. The number of anilines is 4. The van der Waals surface area contributed by atoms with Crippen LogP contribution in [0.3, 0.4) is 0 Å². The fourth-order valence-electron chi connectivity index (χ4n) is 5.20. The second-order valence-electron chi connectivity index (χ2n) is 9.05. The van der Waals surface area contributed by atoms with Gasteiger partial charge in [-0.1, -0.05) is 56.3 Å². The summed E-state index contributed by atoms with van der Waals surface area (Å²) >= 11 is 0. The van der Waals surface area contributed by atoms with Crippen LogP contribution in [0.4, 0.5) is 22.7 Å². The minimum Gasteiger partial charge on any atom is -0.453 e. The summed E-state index contributed by atoms with van der Waals surface area (Å²) in [6, 6.07) is 30.0. The number of nitrogens with zero attached hydrogens (tertiary/aromatic N) is 1. The van der Waals surface area contributed by atoms with Crippen molar-refractivity contribution >= 4 is 22.7 Å². The van der Waals surface area contributed by atoms with Gasteiger partial charge in [0.15, 0.2) is 11.5 Å². The molecule has 4 aromatic rings. The maximum absolute atomic E-state index is 6.26. The molecule has 1 heterocycles. The van der Waals surface area contributed by atoms with Gasteiger partial charge in [0.05, 0.1) is 11.4 Å². The molecule has 0 bridgehead atoms. The van der Waals surface area contributed by atoms with E-state index in [1.54, 1.807) is 0 Å². The molecule has 4 aromatic carbocycles. The number of rotatable bonds is 3. The third-order valence-corrected chi connectivity index (χ3v) is 6.81. The van der Waals surface area contributed by atoms with Gasteiger partial charge in [-0.3, -0.25) is 0 Å². The second-order valence-corrected chi connectivity index (χ2v) is 9.05. The average Bonchev–Trinajstić information content (AvgIpc) is 3.04. The van der Waals surface area contributed by atoms with Gasteiger partial charge >= 0.3 is 0 Å². The molecule has 0 unspecified atom stereocenters. The Hall–Kier alpha value is -3.72. The fourth-order valence-corrected chi connectivity index (χ4v) is 5.20. The van der Waals surface area contributed by atoms with Gasteiger partial charge in [-0.2, -0.15) is 0 Å². The van der Waals surface area contributed by atoms with E-state index in [9.17, 15) is 0 Å². The van der Waals surface area contributed by atoms with Crippen molar-refractivity contribution in [2.24, 2.45) is 0 Å². The van der Waals surface area contributed by atoms with Gasteiger partial charge in [0.2, 0.25) is 0 Å². The summed E-state index contributed by atoms with van der Waals surface area (Å²) in [6.07, 6.45) is 0. The molecule has 0 radical (unpaired) electrons. The third-order valence-electron chi connectivity index (χ3n) is 6.81. The van der Waals surface area contributed by atoms with Gasteiger partial charge in [0.25, 0.3) is 0 Å². The Kier molecular flexibility index (Phi) is 4.09. The predicted octanol–water partition coefficient (Wildman–Crippen LogP) is 8.00. The maximum Gasteiger partial charge on any atom is 0.153 e. The average molecular weight is 419 g/mol. The van der Waals surface area contributed by atoms with Crippen LogP contribution in [0.25, 0.3) is 11.1 Å². The zero-order valence-corrected chi connectivity index (χ0v) is 18.6. The van der Waals surface area contributed by atoms with E-state index < -0.39 is 0 Å². The van der Waals surface area contributed by atoms with Crippen molar-refractivity contribution in [3.63, 3.8) is 0 Å². The van der Waals surface area contributed by atoms with E-state index in [0.717, 1.165) is 40.8 Å². The Labute approximate surface area is 189 Å². The molecule has 1 aliphatic carbocycles. The first-order valence-electron chi connectivity index (χ1n) is 11.3. The Bertz CT molecular complexity index is 1360. The van der Waals surface area contributed by atoms with Crippen molar-refractivity contribution < 1.29 is 4.74 Å². The number of benzene rings is 4. The number of ether oxygens (including phenoxy) is 1. The van der Waals surface area contributed by atoms with Gasteiger partial charge < -0.3 is 15.0 Å². The highest BCUT2D eigenvalue weighted by atomic mass is 16.5. The van der Waals surface area contributed by atoms with Crippen LogP contribution in [0.2, 0.25) is 0 Å². The Morgan fingerprint density at radius 2 is 1.41 bits per heavy atom. The first-order valence-corrected chi connectivity index (χ1v) is 11.3. The molecule has 3 heteroatoms. The van der Waals surface area contributed by atoms with Crippen LogP contribution in [0, 0.1) is 0 Å². The van der Waals surface area contributed by atoms with Crippen LogP contribution in [-0.2, 0) is 5.41 Å². The van der Waals surface area contributed by atoms with Crippen LogP contribution in [0.1, 0.15) is 31.9 Å². The lowest BCUT2D eigenvalue weighted by Gasteiger charge is -2.32. The van der Waals surface area contributed by atoms with Crippen molar-refractivity contribution in [2.75, 3.05) is 16.8 Å². The largest absolute Gasteiger partial charge is 0.453 e. The van der Waals surface area contributed by atoms with E-state index in [4.69, 9.17) is 4.74 Å². The van der Waals surface area contributed by atoms with E-state index in [2.05, 4.69) is 104 Å². The van der Waals surface area contributed by atoms with Gasteiger partial charge in [-0.25, -0.2) is 0 Å². The summed E-state index contributed by atoms with van der Waals surface area (Å²) in [5.74, 6) is 1.78. The van der Waals surface area contributed by atoms with Crippen molar-refractivity contribution in [1.29, 1.82) is 0 Å². The highest BCUT2D eigenvalue weighted by Gasteiger charge is 2.35. The molecular weight excluding hydrogens is 392 g/mol. The van der Waals surface area contributed by atoms with Crippen LogP contribution in [0.15, 0.2) is 84.9 Å². The summed E-state index contributed by atoms with van der Waals surface area (Å²) in [6.45, 7) is 7.68. The van der Waals surface area contributed by atoms with Gasteiger partial charge in [0, 0.05) is 29.4 Å². The van der Waals surface area contributed by atoms with Crippen molar-refractivity contribution in [1.82, 2.24) is 0 Å². The lowest BCUT2D eigenvalue weighted by Crippen LogP contribution is -2.20. The zero-order valence-electron chi connectivity index (χ0n) is 18.6. The van der Waals surface area contributed by atoms with Crippen molar-refractivity contribution in [3.05, 3.63) is 96.1 Å². The zero-order chi connectivity index (χ0) is 21.9. The van der Waals surface area contributed by atoms with Gasteiger partial charge in [-0.05, 0) is 65.6 Å². The van der Waals surface area contributed by atoms with E-state index in [0.29, 0.717) is 0 Å². The fraction of sp³-hybridized carbons (Fsp3) is 0.172. The molecule has 0 aromatic heterocycles. The molecule has 0 saturated heterocycles. The monoisotopic (exact) mass is 418 g/mol. The van der Waals surface area contributed by atoms with Gasteiger partial charge in [0.1, 0.15) is 0 Å². The smallest absolute Gasteiger partial charge is 0.153 e. The van der Waals surface area contributed by atoms with E-state index in [1.165, 1.54) is 22.3 Å². The molecule has 158 valence electrons. The number of hydrogen-bond donors (Lipinski definition) is 1. The quantitative estimate of drug-likeness (QED) is 0.365. The molecule has 0 amide bonds. The first-order chi connectivity index (χ1) is 15.6. The molecular formula is C29H26N2O. The molecule has 3 nitrogen and oxygen atoms in total. The maximum atomic E-state index is 6.26. The molecule has 1 aliphatic heterocycles. The molecule has 0 fully saturated rings. The molecule has 1 N–H and O–H groups in total. The Morgan fingerprint density at radius 1 is 0.719 bits per heavy atom. The summed E-state index contributed by atoms with van der Waals surface area (Å²) in [5, 5.41) is 3.61. The first kappa shape index (κ1) is 19.0. The SMILES string of the molecule is CCN1c2ccccc2Oc2cc(Nc3ccc4c(c3)C(C)(C)c3ccccc3-4)ccc21. The van der Waals surface area contributed by atoms with Crippen LogP contribution in [0.5, 0.6) is 11.5 Å². The van der Waals surface area contributed by atoms with E-state index >= 15 is 0 Å². The summed E-state index contributed by atoms with van der Waals surface area (Å²) in [5.41, 5.74) is 9.76.